The van der Waals surface area contributed by atoms with Gasteiger partial charge in [0.2, 0.25) is 5.91 Å². The second kappa shape index (κ2) is 7.04. The zero-order valence-electron chi connectivity index (χ0n) is 16.3. The van der Waals surface area contributed by atoms with Crippen LogP contribution in [0.1, 0.15) is 60.5 Å². The highest BCUT2D eigenvalue weighted by Crippen LogP contribution is 2.49. The zero-order chi connectivity index (χ0) is 19.9. The second-order valence-corrected chi connectivity index (χ2v) is 8.10. The van der Waals surface area contributed by atoms with Gasteiger partial charge in [-0.2, -0.15) is 0 Å². The smallest absolute Gasteiger partial charge is 0.255 e. The molecule has 5 heteroatoms. The van der Waals surface area contributed by atoms with Gasteiger partial charge < -0.3 is 10.2 Å². The molecule has 1 aliphatic heterocycles. The summed E-state index contributed by atoms with van der Waals surface area (Å²) in [7, 11) is 0. The van der Waals surface area contributed by atoms with Crippen molar-refractivity contribution in [3.8, 4) is 0 Å². The maximum atomic E-state index is 13.8. The van der Waals surface area contributed by atoms with Crippen LogP contribution in [0.4, 0.5) is 15.8 Å². The quantitative estimate of drug-likeness (QED) is 0.801. The maximum absolute atomic E-state index is 13.8. The Morgan fingerprint density at radius 2 is 1.82 bits per heavy atom. The number of nitrogens with one attached hydrogen (secondary N) is 1. The molecule has 1 heterocycles. The van der Waals surface area contributed by atoms with Gasteiger partial charge in [0.25, 0.3) is 5.91 Å². The van der Waals surface area contributed by atoms with Gasteiger partial charge in [0.05, 0.1) is 0 Å². The summed E-state index contributed by atoms with van der Waals surface area (Å²) in [5.74, 6) is -0.570. The third-order valence-corrected chi connectivity index (χ3v) is 6.20. The van der Waals surface area contributed by atoms with Gasteiger partial charge in [0.15, 0.2) is 0 Å². The highest BCUT2D eigenvalue weighted by Gasteiger charge is 2.44. The number of benzene rings is 2. The van der Waals surface area contributed by atoms with Gasteiger partial charge in [-0.25, -0.2) is 4.39 Å². The Balaban J connectivity index is 1.66. The molecular weight excluding hydrogens is 355 g/mol. The summed E-state index contributed by atoms with van der Waals surface area (Å²) < 4.78 is 13.8. The lowest BCUT2D eigenvalue weighted by atomic mass is 9.70. The van der Waals surface area contributed by atoms with Crippen LogP contribution in [-0.2, 0) is 10.2 Å². The third kappa shape index (κ3) is 3.19. The molecule has 1 aliphatic carbocycles. The monoisotopic (exact) mass is 380 g/mol. The number of hydrogen-bond donors (Lipinski definition) is 1. The lowest BCUT2D eigenvalue weighted by Crippen LogP contribution is -2.37. The van der Waals surface area contributed by atoms with E-state index >= 15 is 0 Å². The summed E-state index contributed by atoms with van der Waals surface area (Å²) in [6.45, 7) is 3.98. The van der Waals surface area contributed by atoms with Gasteiger partial charge in [-0.15, -0.1) is 0 Å². The minimum Gasteiger partial charge on any atom is -0.322 e. The number of rotatable bonds is 2. The van der Waals surface area contributed by atoms with Crippen molar-refractivity contribution in [2.24, 2.45) is 0 Å². The molecule has 1 fully saturated rings. The molecule has 0 aromatic heterocycles. The van der Waals surface area contributed by atoms with E-state index in [-0.39, 0.29) is 23.0 Å². The molecule has 2 aliphatic rings. The van der Waals surface area contributed by atoms with E-state index in [1.165, 1.54) is 12.5 Å². The standard InChI is InChI=1S/C23H25FN2O2/c1-15-6-8-18(13-20(15)24)25-22(28)17-7-9-21-19(12-17)23(10-4-3-5-11-23)14-26(21)16(2)27/h6-9,12-13H,3-5,10-11,14H2,1-2H3,(H,25,28). The predicted octanol–water partition coefficient (Wildman–Crippen LogP) is 4.95. The molecule has 2 aromatic carbocycles. The van der Waals surface area contributed by atoms with Crippen molar-refractivity contribution in [2.45, 2.75) is 51.4 Å². The van der Waals surface area contributed by atoms with Gasteiger partial charge in [-0.1, -0.05) is 25.3 Å². The molecule has 4 rings (SSSR count). The maximum Gasteiger partial charge on any atom is 0.255 e. The number of anilines is 2. The van der Waals surface area contributed by atoms with E-state index in [2.05, 4.69) is 5.32 Å². The molecule has 0 bridgehead atoms. The first-order chi connectivity index (χ1) is 13.4. The predicted molar refractivity (Wildman–Crippen MR) is 108 cm³/mol. The minimum absolute atomic E-state index is 0.0380. The van der Waals surface area contributed by atoms with Crippen LogP contribution in [-0.4, -0.2) is 18.4 Å². The van der Waals surface area contributed by atoms with Crippen LogP contribution >= 0.6 is 0 Å². The second-order valence-electron chi connectivity index (χ2n) is 8.10. The van der Waals surface area contributed by atoms with Crippen LogP contribution in [0.3, 0.4) is 0 Å². The molecule has 0 atom stereocenters. The van der Waals surface area contributed by atoms with Crippen molar-refractivity contribution in [2.75, 3.05) is 16.8 Å². The van der Waals surface area contributed by atoms with Gasteiger partial charge >= 0.3 is 0 Å². The fourth-order valence-electron chi connectivity index (χ4n) is 4.62. The summed E-state index contributed by atoms with van der Waals surface area (Å²) in [4.78, 5) is 26.8. The molecular formula is C23H25FN2O2. The molecule has 0 saturated heterocycles. The third-order valence-electron chi connectivity index (χ3n) is 6.20. The molecule has 146 valence electrons. The van der Waals surface area contributed by atoms with Gasteiger partial charge in [0.1, 0.15) is 5.82 Å². The SMILES string of the molecule is CC(=O)N1CC2(CCCCC2)c2cc(C(=O)Nc3ccc(C)c(F)c3)ccc21. The minimum atomic E-state index is -0.343. The van der Waals surface area contributed by atoms with Crippen LogP contribution in [0.2, 0.25) is 0 Å². The first-order valence-corrected chi connectivity index (χ1v) is 9.90. The summed E-state index contributed by atoms with van der Waals surface area (Å²) in [6, 6.07) is 10.2. The first kappa shape index (κ1) is 18.7. The van der Waals surface area contributed by atoms with Crippen LogP contribution in [0.25, 0.3) is 0 Å². The number of halogens is 1. The van der Waals surface area contributed by atoms with E-state index in [1.807, 2.05) is 17.0 Å². The molecule has 1 N–H and O–H groups in total. The number of amides is 2. The summed E-state index contributed by atoms with van der Waals surface area (Å²) in [5, 5.41) is 2.78. The molecule has 1 spiro atoms. The Hall–Kier alpha value is -2.69. The van der Waals surface area contributed by atoms with Crippen molar-refractivity contribution >= 4 is 23.2 Å². The van der Waals surface area contributed by atoms with Crippen LogP contribution in [0.15, 0.2) is 36.4 Å². The fraction of sp³-hybridized carbons (Fsp3) is 0.391. The molecule has 0 unspecified atom stereocenters. The number of aryl methyl sites for hydroxylation is 1. The number of hydrogen-bond acceptors (Lipinski definition) is 2. The average molecular weight is 380 g/mol. The van der Waals surface area contributed by atoms with Gasteiger partial charge in [-0.3, -0.25) is 9.59 Å². The summed E-state index contributed by atoms with van der Waals surface area (Å²) in [5.41, 5.74) is 3.49. The van der Waals surface area contributed by atoms with E-state index in [0.29, 0.717) is 23.4 Å². The van der Waals surface area contributed by atoms with Crippen molar-refractivity contribution in [1.82, 2.24) is 0 Å². The molecule has 4 nitrogen and oxygen atoms in total. The molecule has 1 saturated carbocycles. The highest BCUT2D eigenvalue weighted by atomic mass is 19.1. The number of fused-ring (bicyclic) bond motifs is 2. The van der Waals surface area contributed by atoms with Crippen LogP contribution in [0, 0.1) is 12.7 Å². The first-order valence-electron chi connectivity index (χ1n) is 9.90. The normalized spacial score (nSPS) is 17.5. The van der Waals surface area contributed by atoms with Crippen molar-refractivity contribution in [3.05, 3.63) is 58.9 Å². The van der Waals surface area contributed by atoms with E-state index < -0.39 is 0 Å². The Bertz CT molecular complexity index is 948. The van der Waals surface area contributed by atoms with Gasteiger partial charge in [0, 0.05) is 35.8 Å². The van der Waals surface area contributed by atoms with E-state index in [1.54, 1.807) is 32.0 Å². The Morgan fingerprint density at radius 3 is 2.50 bits per heavy atom. The topological polar surface area (TPSA) is 49.4 Å². The van der Waals surface area contributed by atoms with Gasteiger partial charge in [-0.05, 0) is 61.2 Å². The van der Waals surface area contributed by atoms with Crippen molar-refractivity contribution in [1.29, 1.82) is 0 Å². The Morgan fingerprint density at radius 1 is 1.07 bits per heavy atom. The van der Waals surface area contributed by atoms with Crippen molar-refractivity contribution in [3.63, 3.8) is 0 Å². The highest BCUT2D eigenvalue weighted by molar-refractivity contribution is 6.05. The molecule has 2 amide bonds. The molecule has 28 heavy (non-hydrogen) atoms. The molecule has 0 radical (unpaired) electrons. The Labute approximate surface area is 164 Å². The number of nitrogens with zero attached hydrogens (tertiary/aromatic N) is 1. The summed E-state index contributed by atoms with van der Waals surface area (Å²) >= 11 is 0. The average Bonchev–Trinajstić information content (AvgIpc) is 2.99. The molecule has 2 aromatic rings. The van der Waals surface area contributed by atoms with E-state index in [0.717, 1.165) is 36.9 Å². The zero-order valence-corrected chi connectivity index (χ0v) is 16.3. The van der Waals surface area contributed by atoms with Crippen LogP contribution in [0.5, 0.6) is 0 Å². The lowest BCUT2D eigenvalue weighted by Gasteiger charge is -2.34. The number of carbonyl (C=O) groups is 2. The van der Waals surface area contributed by atoms with E-state index in [4.69, 9.17) is 0 Å². The summed E-state index contributed by atoms with van der Waals surface area (Å²) in [6.07, 6.45) is 5.58. The largest absolute Gasteiger partial charge is 0.322 e. The van der Waals surface area contributed by atoms with E-state index in [9.17, 15) is 14.0 Å². The number of carbonyl (C=O) groups excluding carboxylic acids is 2. The van der Waals surface area contributed by atoms with Crippen LogP contribution < -0.4 is 10.2 Å². The Kier molecular flexibility index (Phi) is 4.69. The lowest BCUT2D eigenvalue weighted by molar-refractivity contribution is -0.116. The fourth-order valence-corrected chi connectivity index (χ4v) is 4.62. The van der Waals surface area contributed by atoms with Crippen molar-refractivity contribution < 1.29 is 14.0 Å².